The Bertz CT molecular complexity index is 459. The lowest BCUT2D eigenvalue weighted by molar-refractivity contribution is 0.149. The van der Waals surface area contributed by atoms with Gasteiger partial charge in [-0.25, -0.2) is 0 Å². The van der Waals surface area contributed by atoms with Crippen LogP contribution in [-0.2, 0) is 6.42 Å². The van der Waals surface area contributed by atoms with Crippen molar-refractivity contribution in [3.05, 3.63) is 58.5 Å². The van der Waals surface area contributed by atoms with Crippen molar-refractivity contribution in [3.63, 3.8) is 0 Å². The molecule has 1 aromatic carbocycles. The molecule has 0 spiro atoms. The summed E-state index contributed by atoms with van der Waals surface area (Å²) >= 11 is 5.79. The van der Waals surface area contributed by atoms with Crippen molar-refractivity contribution < 1.29 is 9.52 Å². The first-order valence-electron chi connectivity index (χ1n) is 5.14. The van der Waals surface area contributed by atoms with E-state index >= 15 is 0 Å². The van der Waals surface area contributed by atoms with Gasteiger partial charge < -0.3 is 9.52 Å². The van der Waals surface area contributed by atoms with Crippen LogP contribution in [0.1, 0.15) is 23.2 Å². The monoisotopic (exact) mass is 236 g/mol. The molecule has 0 fully saturated rings. The summed E-state index contributed by atoms with van der Waals surface area (Å²) in [5, 5.41) is 10.6. The van der Waals surface area contributed by atoms with Crippen LogP contribution in [-0.4, -0.2) is 5.11 Å². The Morgan fingerprint density at radius 2 is 1.88 bits per heavy atom. The Hall–Kier alpha value is -1.25. The highest BCUT2D eigenvalue weighted by Gasteiger charge is 2.12. The quantitative estimate of drug-likeness (QED) is 0.885. The van der Waals surface area contributed by atoms with Crippen LogP contribution in [0.15, 0.2) is 40.8 Å². The topological polar surface area (TPSA) is 33.4 Å². The first-order valence-corrected chi connectivity index (χ1v) is 5.52. The van der Waals surface area contributed by atoms with E-state index in [9.17, 15) is 5.11 Å². The van der Waals surface area contributed by atoms with E-state index < -0.39 is 6.10 Å². The maximum absolute atomic E-state index is 9.93. The highest BCUT2D eigenvalue weighted by atomic mass is 35.5. The number of hydrogen-bond donors (Lipinski definition) is 1. The summed E-state index contributed by atoms with van der Waals surface area (Å²) in [5.74, 6) is 1.41. The molecule has 0 aliphatic rings. The molecule has 2 rings (SSSR count). The maximum atomic E-state index is 9.93. The maximum Gasteiger partial charge on any atom is 0.132 e. The lowest BCUT2D eigenvalue weighted by atomic mass is 10.1. The summed E-state index contributed by atoms with van der Waals surface area (Å²) in [6.07, 6.45) is -0.0701. The standard InChI is InChI=1S/C13H13ClO2/c1-9-2-7-13(16-9)12(15)8-10-3-5-11(14)6-4-10/h2-7,12,15H,8H2,1H3. The van der Waals surface area contributed by atoms with E-state index in [2.05, 4.69) is 0 Å². The number of aliphatic hydroxyl groups excluding tert-OH is 1. The molecule has 1 heterocycles. The predicted octanol–water partition coefficient (Wildman–Crippen LogP) is 3.52. The number of aryl methyl sites for hydroxylation is 1. The van der Waals surface area contributed by atoms with Gasteiger partial charge in [-0.3, -0.25) is 0 Å². The van der Waals surface area contributed by atoms with Gasteiger partial charge in [-0.05, 0) is 36.8 Å². The van der Waals surface area contributed by atoms with E-state index in [-0.39, 0.29) is 0 Å². The van der Waals surface area contributed by atoms with Gasteiger partial charge in [0.25, 0.3) is 0 Å². The smallest absolute Gasteiger partial charge is 0.132 e. The summed E-state index contributed by atoms with van der Waals surface area (Å²) in [6, 6.07) is 11.1. The molecule has 0 radical (unpaired) electrons. The summed E-state index contributed by atoms with van der Waals surface area (Å²) < 4.78 is 5.37. The van der Waals surface area contributed by atoms with Crippen LogP contribution < -0.4 is 0 Å². The van der Waals surface area contributed by atoms with Crippen LogP contribution >= 0.6 is 11.6 Å². The average Bonchev–Trinajstić information content (AvgIpc) is 2.68. The molecule has 1 N–H and O–H groups in total. The first kappa shape index (κ1) is 11.2. The number of aliphatic hydroxyl groups is 1. The molecule has 16 heavy (non-hydrogen) atoms. The van der Waals surface area contributed by atoms with Gasteiger partial charge in [0, 0.05) is 11.4 Å². The first-order chi connectivity index (χ1) is 7.65. The molecular weight excluding hydrogens is 224 g/mol. The van der Waals surface area contributed by atoms with E-state index in [1.165, 1.54) is 0 Å². The molecule has 1 unspecified atom stereocenters. The van der Waals surface area contributed by atoms with Crippen molar-refractivity contribution in [2.45, 2.75) is 19.4 Å². The number of benzene rings is 1. The third-order valence-corrected chi connectivity index (χ3v) is 2.68. The zero-order valence-electron chi connectivity index (χ0n) is 8.98. The number of halogens is 1. The van der Waals surface area contributed by atoms with Crippen LogP contribution in [0.3, 0.4) is 0 Å². The zero-order chi connectivity index (χ0) is 11.5. The van der Waals surface area contributed by atoms with Crippen molar-refractivity contribution in [1.82, 2.24) is 0 Å². The van der Waals surface area contributed by atoms with Crippen molar-refractivity contribution in [3.8, 4) is 0 Å². The number of hydrogen-bond acceptors (Lipinski definition) is 2. The number of rotatable bonds is 3. The fourth-order valence-electron chi connectivity index (χ4n) is 1.58. The van der Waals surface area contributed by atoms with Gasteiger partial charge in [-0.2, -0.15) is 0 Å². The molecule has 0 aliphatic heterocycles. The second-order valence-electron chi connectivity index (χ2n) is 3.79. The van der Waals surface area contributed by atoms with Crippen LogP contribution in [0.4, 0.5) is 0 Å². The van der Waals surface area contributed by atoms with Gasteiger partial charge in [-0.1, -0.05) is 23.7 Å². The van der Waals surface area contributed by atoms with Gasteiger partial charge in [0.2, 0.25) is 0 Å². The minimum Gasteiger partial charge on any atom is -0.464 e. The molecule has 2 nitrogen and oxygen atoms in total. The van der Waals surface area contributed by atoms with E-state index in [0.29, 0.717) is 17.2 Å². The minimum absolute atomic E-state index is 0.532. The van der Waals surface area contributed by atoms with Gasteiger partial charge >= 0.3 is 0 Å². The van der Waals surface area contributed by atoms with E-state index in [4.69, 9.17) is 16.0 Å². The molecule has 0 aliphatic carbocycles. The van der Waals surface area contributed by atoms with Crippen molar-refractivity contribution >= 4 is 11.6 Å². The second-order valence-corrected chi connectivity index (χ2v) is 4.23. The summed E-state index contributed by atoms with van der Waals surface area (Å²) in [6.45, 7) is 1.86. The number of furan rings is 1. The molecule has 1 atom stereocenters. The Morgan fingerprint density at radius 1 is 1.19 bits per heavy atom. The summed E-state index contributed by atoms with van der Waals surface area (Å²) in [4.78, 5) is 0. The Morgan fingerprint density at radius 3 is 2.44 bits per heavy atom. The molecule has 0 saturated heterocycles. The second kappa shape index (κ2) is 4.73. The van der Waals surface area contributed by atoms with E-state index in [1.807, 2.05) is 37.3 Å². The van der Waals surface area contributed by atoms with Crippen molar-refractivity contribution in [1.29, 1.82) is 0 Å². The van der Waals surface area contributed by atoms with Gasteiger partial charge in [-0.15, -0.1) is 0 Å². The molecule has 0 amide bonds. The summed E-state index contributed by atoms with van der Waals surface area (Å²) in [5.41, 5.74) is 1.03. The van der Waals surface area contributed by atoms with Crippen LogP contribution in [0.2, 0.25) is 5.02 Å². The van der Waals surface area contributed by atoms with Gasteiger partial charge in [0.05, 0.1) is 0 Å². The molecule has 0 bridgehead atoms. The summed E-state index contributed by atoms with van der Waals surface area (Å²) in [7, 11) is 0. The SMILES string of the molecule is Cc1ccc(C(O)Cc2ccc(Cl)cc2)o1. The van der Waals surface area contributed by atoms with Crippen LogP contribution in [0.5, 0.6) is 0 Å². The normalized spacial score (nSPS) is 12.7. The largest absolute Gasteiger partial charge is 0.464 e. The average molecular weight is 237 g/mol. The lowest BCUT2D eigenvalue weighted by Crippen LogP contribution is -2.00. The molecular formula is C13H13ClO2. The molecule has 3 heteroatoms. The molecule has 1 aromatic heterocycles. The molecule has 2 aromatic rings. The fraction of sp³-hybridized carbons (Fsp3) is 0.231. The van der Waals surface area contributed by atoms with Gasteiger partial charge in [0.1, 0.15) is 17.6 Å². The Kier molecular flexibility index (Phi) is 3.32. The van der Waals surface area contributed by atoms with Crippen LogP contribution in [0, 0.1) is 6.92 Å². The van der Waals surface area contributed by atoms with Gasteiger partial charge in [0.15, 0.2) is 0 Å². The van der Waals surface area contributed by atoms with E-state index in [1.54, 1.807) is 6.07 Å². The minimum atomic E-state index is -0.602. The highest BCUT2D eigenvalue weighted by molar-refractivity contribution is 6.30. The fourth-order valence-corrected chi connectivity index (χ4v) is 1.70. The molecule has 0 saturated carbocycles. The predicted molar refractivity (Wildman–Crippen MR) is 63.6 cm³/mol. The third kappa shape index (κ3) is 2.65. The van der Waals surface area contributed by atoms with Crippen molar-refractivity contribution in [2.75, 3.05) is 0 Å². The van der Waals surface area contributed by atoms with E-state index in [0.717, 1.165) is 11.3 Å². The lowest BCUT2D eigenvalue weighted by Gasteiger charge is -2.07. The Labute approximate surface area is 99.5 Å². The zero-order valence-corrected chi connectivity index (χ0v) is 9.74. The van der Waals surface area contributed by atoms with Crippen LogP contribution in [0.25, 0.3) is 0 Å². The van der Waals surface area contributed by atoms with Crippen molar-refractivity contribution in [2.24, 2.45) is 0 Å². The molecule has 84 valence electrons. The highest BCUT2D eigenvalue weighted by Crippen LogP contribution is 2.21. The third-order valence-electron chi connectivity index (χ3n) is 2.43. The Balaban J connectivity index is 2.07.